The third kappa shape index (κ3) is 14.2. The normalized spacial score (nSPS) is 15.3. The van der Waals surface area contributed by atoms with Crippen LogP contribution in [-0.2, 0) is 14.3 Å². The van der Waals surface area contributed by atoms with E-state index in [2.05, 4.69) is 25.9 Å². The zero-order chi connectivity index (χ0) is 42.5. The molecule has 1 fully saturated rings. The molecule has 11 nitrogen and oxygen atoms in total. The summed E-state index contributed by atoms with van der Waals surface area (Å²) in [5.41, 5.74) is 5.47. The van der Waals surface area contributed by atoms with E-state index in [1.165, 1.54) is 36.7 Å². The van der Waals surface area contributed by atoms with Gasteiger partial charge < -0.3 is 23.7 Å². The van der Waals surface area contributed by atoms with Gasteiger partial charge in [0, 0.05) is 11.6 Å². The average Bonchev–Trinajstić information content (AvgIpc) is 3.70. The smallest absolute Gasteiger partial charge is 0.343 e. The van der Waals surface area contributed by atoms with Crippen molar-refractivity contribution in [1.29, 1.82) is 0 Å². The van der Waals surface area contributed by atoms with E-state index in [1.54, 1.807) is 49.6 Å². The molecule has 1 heterocycles. The number of fused-ring (bicyclic) bond motifs is 1. The van der Waals surface area contributed by atoms with Crippen molar-refractivity contribution in [3.63, 3.8) is 0 Å². The Kier molecular flexibility index (Phi) is 18.9. The Hall–Kier alpha value is -5.23. The van der Waals surface area contributed by atoms with Crippen LogP contribution in [0, 0.1) is 11.8 Å². The van der Waals surface area contributed by atoms with E-state index in [1.807, 2.05) is 18.2 Å². The molecule has 0 spiro atoms. The number of unbranched alkanes of at least 4 members (excludes halogenated alkanes) is 7. The number of ether oxygens (including phenoxy) is 5. The molecular weight excluding hydrogens is 779 g/mol. The van der Waals surface area contributed by atoms with Crippen molar-refractivity contribution in [2.45, 2.75) is 117 Å². The monoisotopic (exact) mass is 839 g/mol. The van der Waals surface area contributed by atoms with Gasteiger partial charge in [0.15, 0.2) is 0 Å². The number of methoxy groups -OCH3 is 1. The maximum absolute atomic E-state index is 13.7. The van der Waals surface area contributed by atoms with Crippen LogP contribution in [0.2, 0.25) is 0 Å². The molecule has 1 aromatic heterocycles. The van der Waals surface area contributed by atoms with Crippen molar-refractivity contribution in [1.82, 2.24) is 4.98 Å². The number of thiazole rings is 1. The number of para-hydroxylation sites is 1. The van der Waals surface area contributed by atoms with Crippen molar-refractivity contribution < 1.29 is 38.1 Å². The largest absolute Gasteiger partial charge is 0.494 e. The van der Waals surface area contributed by atoms with Crippen LogP contribution in [-0.4, -0.2) is 48.9 Å². The molecule has 60 heavy (non-hydrogen) atoms. The molecule has 0 saturated heterocycles. The number of esters is 3. The zero-order valence-corrected chi connectivity index (χ0v) is 36.3. The summed E-state index contributed by atoms with van der Waals surface area (Å²) in [4.78, 5) is 43.1. The summed E-state index contributed by atoms with van der Waals surface area (Å²) >= 11 is 1.46. The first kappa shape index (κ1) is 45.8. The lowest BCUT2D eigenvalue weighted by atomic mass is 9.80. The quantitative estimate of drug-likeness (QED) is 0.0172. The van der Waals surface area contributed by atoms with E-state index < -0.39 is 11.9 Å². The SMILES string of the molecule is C=CC(=O)OCCCCCCOc1ccc(C(=O)Oc2ccc(OC(=O)C3CCC(CCCC)CC3)cc2C(CCCCCC)=NNc2nc3c(OC)cccc3s2)cc1. The lowest BCUT2D eigenvalue weighted by Gasteiger charge is -2.27. The maximum atomic E-state index is 13.7. The van der Waals surface area contributed by atoms with Gasteiger partial charge >= 0.3 is 17.9 Å². The van der Waals surface area contributed by atoms with Gasteiger partial charge in [0.1, 0.15) is 28.5 Å². The molecule has 0 unspecified atom stereocenters. The van der Waals surface area contributed by atoms with Gasteiger partial charge in [-0.05, 0) is 125 Å². The van der Waals surface area contributed by atoms with Crippen LogP contribution in [0.3, 0.4) is 0 Å². The van der Waals surface area contributed by atoms with E-state index in [0.29, 0.717) is 70.5 Å². The molecule has 0 bridgehead atoms. The Balaban J connectivity index is 1.32. The number of nitrogens with zero attached hydrogens (tertiary/aromatic N) is 2. The molecule has 1 aliphatic rings. The topological polar surface area (TPSA) is 135 Å². The second kappa shape index (κ2) is 24.8. The van der Waals surface area contributed by atoms with E-state index in [9.17, 15) is 14.4 Å². The number of carbonyl (C=O) groups excluding carboxylic acids is 3. The molecule has 1 saturated carbocycles. The first-order chi connectivity index (χ1) is 29.3. The van der Waals surface area contributed by atoms with Gasteiger partial charge in [-0.3, -0.25) is 10.2 Å². The Bertz CT molecular complexity index is 2020. The molecule has 5 rings (SSSR count). The fourth-order valence-corrected chi connectivity index (χ4v) is 8.14. The molecule has 12 heteroatoms. The third-order valence-corrected chi connectivity index (χ3v) is 11.7. The minimum Gasteiger partial charge on any atom is -0.494 e. The molecule has 0 aliphatic heterocycles. The highest BCUT2D eigenvalue weighted by atomic mass is 32.1. The molecule has 0 amide bonds. The van der Waals surface area contributed by atoms with Crippen molar-refractivity contribution in [3.8, 4) is 23.0 Å². The highest BCUT2D eigenvalue weighted by molar-refractivity contribution is 7.22. The molecule has 3 aromatic carbocycles. The van der Waals surface area contributed by atoms with Crippen molar-refractivity contribution in [3.05, 3.63) is 84.4 Å². The molecule has 1 aliphatic carbocycles. The predicted octanol–water partition coefficient (Wildman–Crippen LogP) is 11.9. The number of anilines is 1. The van der Waals surface area contributed by atoms with Crippen LogP contribution in [0.5, 0.6) is 23.0 Å². The molecular formula is C48H61N3O8S. The minimum absolute atomic E-state index is 0.142. The second-order valence-corrected chi connectivity index (χ2v) is 16.3. The van der Waals surface area contributed by atoms with Crippen LogP contribution < -0.4 is 24.4 Å². The van der Waals surface area contributed by atoms with Crippen molar-refractivity contribution >= 4 is 50.3 Å². The van der Waals surface area contributed by atoms with Crippen molar-refractivity contribution in [2.75, 3.05) is 25.7 Å². The van der Waals surface area contributed by atoms with Crippen LogP contribution in [0.1, 0.15) is 133 Å². The standard InChI is InChI=1S/C48H61N3O8S/c1-5-8-10-13-18-40(50-51-48-49-45-42(55-4)19-16-20-43(45)60-48)39-33-38(58-46(53)35-23-21-34(22-24-35)17-9-6-2)29-30-41(39)59-47(54)36-25-27-37(28-26-36)56-31-14-11-12-15-32-57-44(52)7-3/h7,16,19-20,25-30,33-35H,3,5-6,8-15,17-18,21-24,31-32H2,1-2,4H3,(H,49,51). The number of hydrogen-bond donors (Lipinski definition) is 1. The Morgan fingerprint density at radius 3 is 2.30 bits per heavy atom. The Morgan fingerprint density at radius 1 is 0.833 bits per heavy atom. The number of aromatic nitrogens is 1. The van der Waals surface area contributed by atoms with Crippen LogP contribution in [0.25, 0.3) is 10.2 Å². The summed E-state index contributed by atoms with van der Waals surface area (Å²) < 4.78 is 29.6. The fraction of sp³-hybridized carbons (Fsp3) is 0.479. The van der Waals surface area contributed by atoms with Crippen LogP contribution >= 0.6 is 11.3 Å². The highest BCUT2D eigenvalue weighted by Gasteiger charge is 2.28. The van der Waals surface area contributed by atoms with E-state index >= 15 is 0 Å². The average molecular weight is 840 g/mol. The minimum atomic E-state index is -0.541. The van der Waals surface area contributed by atoms with E-state index in [4.69, 9.17) is 33.8 Å². The lowest BCUT2D eigenvalue weighted by molar-refractivity contribution is -0.140. The molecule has 1 N–H and O–H groups in total. The van der Waals surface area contributed by atoms with Gasteiger partial charge in [0.05, 0.1) is 42.2 Å². The van der Waals surface area contributed by atoms with Crippen LogP contribution in [0.4, 0.5) is 5.13 Å². The lowest BCUT2D eigenvalue weighted by Crippen LogP contribution is -2.25. The van der Waals surface area contributed by atoms with Gasteiger partial charge in [0.25, 0.3) is 0 Å². The highest BCUT2D eigenvalue weighted by Crippen LogP contribution is 2.35. The number of hydrogen-bond acceptors (Lipinski definition) is 12. The molecule has 0 radical (unpaired) electrons. The first-order valence-electron chi connectivity index (χ1n) is 21.7. The number of rotatable bonds is 25. The third-order valence-electron chi connectivity index (χ3n) is 10.8. The Morgan fingerprint density at radius 2 is 1.57 bits per heavy atom. The molecule has 4 aromatic rings. The van der Waals surface area contributed by atoms with Gasteiger partial charge in [0.2, 0.25) is 5.13 Å². The zero-order valence-electron chi connectivity index (χ0n) is 35.5. The van der Waals surface area contributed by atoms with Gasteiger partial charge in [-0.15, -0.1) is 0 Å². The summed E-state index contributed by atoms with van der Waals surface area (Å²) in [7, 11) is 1.62. The number of carbonyl (C=O) groups is 3. The number of benzene rings is 3. The summed E-state index contributed by atoms with van der Waals surface area (Å²) in [6.07, 6.45) is 16.6. The van der Waals surface area contributed by atoms with Crippen molar-refractivity contribution in [2.24, 2.45) is 16.9 Å². The number of nitrogens with one attached hydrogen (secondary N) is 1. The van der Waals surface area contributed by atoms with Gasteiger partial charge in [-0.25, -0.2) is 14.6 Å². The molecule has 0 atom stereocenters. The second-order valence-electron chi connectivity index (χ2n) is 15.3. The van der Waals surface area contributed by atoms with E-state index in [0.717, 1.165) is 87.3 Å². The fourth-order valence-electron chi connectivity index (χ4n) is 7.31. The summed E-state index contributed by atoms with van der Waals surface area (Å²) in [5.74, 6) is 1.37. The Labute approximate surface area is 358 Å². The summed E-state index contributed by atoms with van der Waals surface area (Å²) in [6, 6.07) is 17.8. The predicted molar refractivity (Wildman–Crippen MR) is 239 cm³/mol. The molecule has 322 valence electrons. The maximum Gasteiger partial charge on any atom is 0.343 e. The van der Waals surface area contributed by atoms with Crippen LogP contribution in [0.15, 0.2) is 78.4 Å². The number of hydrazone groups is 1. The van der Waals surface area contributed by atoms with Gasteiger partial charge in [-0.2, -0.15) is 5.10 Å². The van der Waals surface area contributed by atoms with E-state index in [-0.39, 0.29) is 11.9 Å². The first-order valence-corrected chi connectivity index (χ1v) is 22.5. The van der Waals surface area contributed by atoms with Gasteiger partial charge in [-0.1, -0.05) is 76.4 Å². The summed E-state index contributed by atoms with van der Waals surface area (Å²) in [5, 5.41) is 5.46. The summed E-state index contributed by atoms with van der Waals surface area (Å²) in [6.45, 7) is 8.69.